The summed E-state index contributed by atoms with van der Waals surface area (Å²) >= 11 is 0. The third kappa shape index (κ3) is 17.0. The van der Waals surface area contributed by atoms with Gasteiger partial charge in [0, 0.05) is 12.4 Å². The van der Waals surface area contributed by atoms with E-state index in [1.54, 1.807) is 12.4 Å². The molecular formula is C13H22FNO3S. The molecule has 1 heterocycles. The summed E-state index contributed by atoms with van der Waals surface area (Å²) in [7, 11) is -3.78. The molecule has 0 spiro atoms. The number of alkyl halides is 1. The van der Waals surface area contributed by atoms with Gasteiger partial charge in [-0.25, -0.2) is 0 Å². The van der Waals surface area contributed by atoms with E-state index in [-0.39, 0.29) is 12.4 Å². The molecule has 1 aromatic heterocycles. The molecule has 1 rings (SSSR count). The van der Waals surface area contributed by atoms with Crippen LogP contribution in [0.1, 0.15) is 38.5 Å². The summed E-state index contributed by atoms with van der Waals surface area (Å²) in [5.41, 5.74) is 0. The Labute approximate surface area is 114 Å². The minimum atomic E-state index is -3.78. The van der Waals surface area contributed by atoms with Gasteiger partial charge in [-0.2, -0.15) is 8.42 Å². The number of aromatic nitrogens is 1. The summed E-state index contributed by atoms with van der Waals surface area (Å²) in [6.07, 6.45) is 8.09. The van der Waals surface area contributed by atoms with Gasteiger partial charge in [-0.05, 0) is 25.0 Å². The van der Waals surface area contributed by atoms with Crippen molar-refractivity contribution in [2.45, 2.75) is 38.5 Å². The SMILES string of the molecule is O=S(=O)(O)CCCCCCCCF.c1ccncc1. The van der Waals surface area contributed by atoms with Crippen LogP contribution >= 0.6 is 0 Å². The second kappa shape index (κ2) is 12.0. The summed E-state index contributed by atoms with van der Waals surface area (Å²) < 4.78 is 40.5. The smallest absolute Gasteiger partial charge is 0.264 e. The first kappa shape index (κ1) is 18.0. The zero-order valence-electron chi connectivity index (χ0n) is 11.0. The van der Waals surface area contributed by atoms with E-state index in [1.807, 2.05) is 18.2 Å². The summed E-state index contributed by atoms with van der Waals surface area (Å²) in [6, 6.07) is 5.72. The van der Waals surface area contributed by atoms with E-state index in [1.165, 1.54) is 0 Å². The van der Waals surface area contributed by atoms with Gasteiger partial charge in [0.05, 0.1) is 12.4 Å². The molecule has 0 aliphatic carbocycles. The second-order valence-electron chi connectivity index (χ2n) is 4.12. The Morgan fingerprint density at radius 2 is 1.42 bits per heavy atom. The van der Waals surface area contributed by atoms with Gasteiger partial charge in [-0.1, -0.05) is 31.7 Å². The predicted molar refractivity (Wildman–Crippen MR) is 74.3 cm³/mol. The fraction of sp³-hybridized carbons (Fsp3) is 0.615. The number of nitrogens with zero attached hydrogens (tertiary/aromatic N) is 1. The lowest BCUT2D eigenvalue weighted by molar-refractivity contribution is 0.450. The Morgan fingerprint density at radius 1 is 0.895 bits per heavy atom. The lowest BCUT2D eigenvalue weighted by Crippen LogP contribution is -2.03. The molecule has 0 aliphatic rings. The highest BCUT2D eigenvalue weighted by Crippen LogP contribution is 2.06. The first-order valence-electron chi connectivity index (χ1n) is 6.42. The van der Waals surface area contributed by atoms with E-state index in [4.69, 9.17) is 4.55 Å². The van der Waals surface area contributed by atoms with Crippen molar-refractivity contribution < 1.29 is 17.4 Å². The topological polar surface area (TPSA) is 67.3 Å². The van der Waals surface area contributed by atoms with Crippen LogP contribution in [0.25, 0.3) is 0 Å². The largest absolute Gasteiger partial charge is 0.286 e. The Morgan fingerprint density at radius 3 is 1.79 bits per heavy atom. The molecule has 0 aromatic carbocycles. The minimum absolute atomic E-state index is 0.157. The van der Waals surface area contributed by atoms with Crippen molar-refractivity contribution in [1.29, 1.82) is 0 Å². The molecule has 0 unspecified atom stereocenters. The van der Waals surface area contributed by atoms with Gasteiger partial charge in [0.2, 0.25) is 0 Å². The summed E-state index contributed by atoms with van der Waals surface area (Å²) in [6.45, 7) is -0.273. The number of hydrogen-bond donors (Lipinski definition) is 1. The molecule has 0 amide bonds. The monoisotopic (exact) mass is 291 g/mol. The van der Waals surface area contributed by atoms with Crippen molar-refractivity contribution >= 4 is 10.1 Å². The normalized spacial score (nSPS) is 10.6. The molecule has 0 fully saturated rings. The zero-order chi connectivity index (χ0) is 14.4. The van der Waals surface area contributed by atoms with Crippen LogP contribution in [0.2, 0.25) is 0 Å². The summed E-state index contributed by atoms with van der Waals surface area (Å²) in [5, 5.41) is 0. The van der Waals surface area contributed by atoms with Crippen LogP contribution in [0, 0.1) is 0 Å². The zero-order valence-corrected chi connectivity index (χ0v) is 11.9. The van der Waals surface area contributed by atoms with E-state index in [9.17, 15) is 12.8 Å². The van der Waals surface area contributed by atoms with Gasteiger partial charge < -0.3 is 0 Å². The highest BCUT2D eigenvalue weighted by Gasteiger charge is 2.02. The first-order chi connectivity index (χ1) is 9.06. The standard InChI is InChI=1S/C8H17FO3S.C5H5N/c9-7-5-3-1-2-4-6-8-13(10,11)12;1-2-4-6-5-3-1/h1-8H2,(H,10,11,12);1-5H. The summed E-state index contributed by atoms with van der Waals surface area (Å²) in [4.78, 5) is 3.78. The molecule has 0 saturated heterocycles. The molecule has 1 aromatic rings. The third-order valence-electron chi connectivity index (χ3n) is 2.35. The Kier molecular flexibility index (Phi) is 11.4. The Balaban J connectivity index is 0.000000443. The van der Waals surface area contributed by atoms with Gasteiger partial charge >= 0.3 is 0 Å². The van der Waals surface area contributed by atoms with Crippen LogP contribution in [0.15, 0.2) is 30.6 Å². The fourth-order valence-corrected chi connectivity index (χ4v) is 1.97. The maximum atomic E-state index is 11.6. The molecule has 19 heavy (non-hydrogen) atoms. The lowest BCUT2D eigenvalue weighted by Gasteiger charge is -1.98. The van der Waals surface area contributed by atoms with Crippen LogP contribution in [-0.2, 0) is 10.1 Å². The lowest BCUT2D eigenvalue weighted by atomic mass is 10.1. The highest BCUT2D eigenvalue weighted by molar-refractivity contribution is 7.85. The third-order valence-corrected chi connectivity index (χ3v) is 3.16. The number of unbranched alkanes of at least 4 members (excludes halogenated alkanes) is 5. The Hall–Kier alpha value is -1.01. The first-order valence-corrected chi connectivity index (χ1v) is 8.03. The van der Waals surface area contributed by atoms with Crippen molar-refractivity contribution in [2.75, 3.05) is 12.4 Å². The molecule has 0 saturated carbocycles. The molecule has 110 valence electrons. The molecule has 1 N–H and O–H groups in total. The average molecular weight is 291 g/mol. The summed E-state index contributed by atoms with van der Waals surface area (Å²) in [5.74, 6) is -0.157. The molecule has 0 atom stereocenters. The molecule has 4 nitrogen and oxygen atoms in total. The van der Waals surface area contributed by atoms with E-state index >= 15 is 0 Å². The van der Waals surface area contributed by atoms with Crippen molar-refractivity contribution in [1.82, 2.24) is 4.98 Å². The quantitative estimate of drug-likeness (QED) is 0.589. The van der Waals surface area contributed by atoms with Gasteiger partial charge in [0.1, 0.15) is 0 Å². The van der Waals surface area contributed by atoms with Crippen molar-refractivity contribution in [2.24, 2.45) is 0 Å². The Bertz CT molecular complexity index is 357. The van der Waals surface area contributed by atoms with Gasteiger partial charge in [0.25, 0.3) is 10.1 Å². The fourth-order valence-electron chi connectivity index (χ4n) is 1.40. The van der Waals surface area contributed by atoms with Crippen LogP contribution in [-0.4, -0.2) is 30.4 Å². The van der Waals surface area contributed by atoms with E-state index < -0.39 is 10.1 Å². The molecule has 0 bridgehead atoms. The second-order valence-corrected chi connectivity index (χ2v) is 5.69. The molecule has 6 heteroatoms. The van der Waals surface area contributed by atoms with E-state index in [0.717, 1.165) is 25.7 Å². The van der Waals surface area contributed by atoms with Gasteiger partial charge in [0.15, 0.2) is 0 Å². The van der Waals surface area contributed by atoms with Crippen LogP contribution in [0.3, 0.4) is 0 Å². The number of halogens is 1. The number of pyridine rings is 1. The van der Waals surface area contributed by atoms with Crippen molar-refractivity contribution in [3.05, 3.63) is 30.6 Å². The molecular weight excluding hydrogens is 269 g/mol. The van der Waals surface area contributed by atoms with Crippen LogP contribution < -0.4 is 0 Å². The minimum Gasteiger partial charge on any atom is -0.286 e. The van der Waals surface area contributed by atoms with Crippen LogP contribution in [0.5, 0.6) is 0 Å². The molecule has 0 radical (unpaired) electrons. The van der Waals surface area contributed by atoms with Gasteiger partial charge in [-0.15, -0.1) is 0 Å². The van der Waals surface area contributed by atoms with E-state index in [2.05, 4.69) is 4.98 Å². The van der Waals surface area contributed by atoms with Crippen molar-refractivity contribution in [3.8, 4) is 0 Å². The maximum absolute atomic E-state index is 11.6. The highest BCUT2D eigenvalue weighted by atomic mass is 32.2. The van der Waals surface area contributed by atoms with E-state index in [0.29, 0.717) is 12.8 Å². The average Bonchev–Trinajstić information content (AvgIpc) is 2.39. The number of hydrogen-bond acceptors (Lipinski definition) is 3. The van der Waals surface area contributed by atoms with Crippen LogP contribution in [0.4, 0.5) is 4.39 Å². The molecule has 0 aliphatic heterocycles. The van der Waals surface area contributed by atoms with Crippen molar-refractivity contribution in [3.63, 3.8) is 0 Å². The predicted octanol–water partition coefficient (Wildman–Crippen LogP) is 3.27. The van der Waals surface area contributed by atoms with Gasteiger partial charge in [-0.3, -0.25) is 13.9 Å². The number of rotatable bonds is 8. The maximum Gasteiger partial charge on any atom is 0.264 e.